The lowest BCUT2D eigenvalue weighted by Gasteiger charge is -1.94. The monoisotopic (exact) mass is 142 g/mol. The standard InChI is InChI=1S/C5H6N2O3/c8-2-3-4(9)1-5(10)7-6-3/h1,8H,2H2,(H2,7,9,10). The molecule has 0 aliphatic rings. The Kier molecular flexibility index (Phi) is 1.68. The quantitative estimate of drug-likeness (QED) is 0.467. The molecule has 0 amide bonds. The van der Waals surface area contributed by atoms with E-state index in [2.05, 4.69) is 10.2 Å². The highest BCUT2D eigenvalue weighted by atomic mass is 16.3. The van der Waals surface area contributed by atoms with Crippen LogP contribution in [-0.2, 0) is 6.61 Å². The van der Waals surface area contributed by atoms with Crippen LogP contribution in [0.3, 0.4) is 0 Å². The van der Waals surface area contributed by atoms with Gasteiger partial charge in [0.05, 0.1) is 6.61 Å². The number of aliphatic hydroxyl groups excluding tert-OH is 1. The van der Waals surface area contributed by atoms with Gasteiger partial charge in [0.2, 0.25) is 0 Å². The molecule has 0 saturated carbocycles. The molecule has 54 valence electrons. The lowest BCUT2D eigenvalue weighted by Crippen LogP contribution is -2.07. The van der Waals surface area contributed by atoms with Crippen molar-refractivity contribution >= 4 is 0 Å². The predicted octanol–water partition coefficient (Wildman–Crippen LogP) is -1.03. The molecule has 0 bridgehead atoms. The van der Waals surface area contributed by atoms with Crippen molar-refractivity contribution in [2.24, 2.45) is 0 Å². The van der Waals surface area contributed by atoms with Crippen molar-refractivity contribution in [2.75, 3.05) is 0 Å². The summed E-state index contributed by atoms with van der Waals surface area (Å²) in [6, 6.07) is 0.957. The summed E-state index contributed by atoms with van der Waals surface area (Å²) in [4.78, 5) is 10.4. The van der Waals surface area contributed by atoms with Gasteiger partial charge in [0.25, 0.3) is 5.56 Å². The molecule has 0 aromatic carbocycles. The van der Waals surface area contributed by atoms with E-state index in [1.165, 1.54) is 0 Å². The minimum Gasteiger partial charge on any atom is -0.506 e. The van der Waals surface area contributed by atoms with E-state index >= 15 is 0 Å². The summed E-state index contributed by atoms with van der Waals surface area (Å²) in [5.41, 5.74) is -0.422. The number of aromatic hydroxyl groups is 1. The topological polar surface area (TPSA) is 86.2 Å². The van der Waals surface area contributed by atoms with E-state index in [-0.39, 0.29) is 18.1 Å². The van der Waals surface area contributed by atoms with E-state index in [0.29, 0.717) is 0 Å². The minimum absolute atomic E-state index is 0.0691. The number of hydrogen-bond donors (Lipinski definition) is 3. The lowest BCUT2D eigenvalue weighted by molar-refractivity contribution is 0.268. The van der Waals surface area contributed by atoms with Gasteiger partial charge >= 0.3 is 0 Å². The third-order valence-electron chi connectivity index (χ3n) is 1.01. The van der Waals surface area contributed by atoms with Crippen molar-refractivity contribution < 1.29 is 10.2 Å². The average molecular weight is 142 g/mol. The van der Waals surface area contributed by atoms with Crippen LogP contribution in [0.15, 0.2) is 10.9 Å². The number of nitrogens with one attached hydrogen (secondary N) is 1. The molecule has 3 N–H and O–H groups in total. The smallest absolute Gasteiger partial charge is 0.267 e. The van der Waals surface area contributed by atoms with Crippen LogP contribution in [0.2, 0.25) is 0 Å². The summed E-state index contributed by atoms with van der Waals surface area (Å²) in [7, 11) is 0. The zero-order chi connectivity index (χ0) is 7.56. The van der Waals surface area contributed by atoms with Gasteiger partial charge in [-0.15, -0.1) is 0 Å². The van der Waals surface area contributed by atoms with Gasteiger partial charge in [0.15, 0.2) is 0 Å². The Hall–Kier alpha value is -1.36. The van der Waals surface area contributed by atoms with Crippen molar-refractivity contribution in [1.29, 1.82) is 0 Å². The normalized spacial score (nSPS) is 9.70. The Morgan fingerprint density at radius 2 is 2.40 bits per heavy atom. The second-order valence-electron chi connectivity index (χ2n) is 1.72. The Morgan fingerprint density at radius 3 is 2.90 bits per heavy atom. The molecular weight excluding hydrogens is 136 g/mol. The number of hydrogen-bond acceptors (Lipinski definition) is 4. The second kappa shape index (κ2) is 2.49. The summed E-state index contributed by atoms with van der Waals surface area (Å²) >= 11 is 0. The highest BCUT2D eigenvalue weighted by molar-refractivity contribution is 5.21. The SMILES string of the molecule is O=c1cc(O)c(CO)n[nH]1. The van der Waals surface area contributed by atoms with E-state index in [0.717, 1.165) is 6.07 Å². The molecule has 1 rings (SSSR count). The van der Waals surface area contributed by atoms with Gasteiger partial charge in [-0.2, -0.15) is 5.10 Å². The largest absolute Gasteiger partial charge is 0.506 e. The van der Waals surface area contributed by atoms with Gasteiger partial charge < -0.3 is 10.2 Å². The average Bonchev–Trinajstić information content (AvgIpc) is 1.88. The molecule has 1 aromatic rings. The number of aliphatic hydroxyl groups is 1. The van der Waals surface area contributed by atoms with Gasteiger partial charge in [0, 0.05) is 6.07 Å². The molecule has 0 atom stereocenters. The number of rotatable bonds is 1. The zero-order valence-electron chi connectivity index (χ0n) is 5.03. The van der Waals surface area contributed by atoms with Gasteiger partial charge in [-0.1, -0.05) is 0 Å². The van der Waals surface area contributed by atoms with Crippen molar-refractivity contribution in [1.82, 2.24) is 10.2 Å². The molecule has 0 aliphatic heterocycles. The lowest BCUT2D eigenvalue weighted by atomic mass is 10.4. The van der Waals surface area contributed by atoms with Crippen LogP contribution >= 0.6 is 0 Å². The van der Waals surface area contributed by atoms with E-state index in [1.54, 1.807) is 0 Å². The minimum atomic E-state index is -0.491. The highest BCUT2D eigenvalue weighted by Crippen LogP contribution is 2.07. The molecule has 0 saturated heterocycles. The summed E-state index contributed by atoms with van der Waals surface area (Å²) in [5, 5.41) is 22.7. The maximum atomic E-state index is 10.4. The molecule has 5 nitrogen and oxygen atoms in total. The summed E-state index contributed by atoms with van der Waals surface area (Å²) in [6.07, 6.45) is 0. The first-order valence-electron chi connectivity index (χ1n) is 2.62. The highest BCUT2D eigenvalue weighted by Gasteiger charge is 1.99. The summed E-state index contributed by atoms with van der Waals surface area (Å²) in [6.45, 7) is -0.386. The fourth-order valence-corrected chi connectivity index (χ4v) is 0.536. The third-order valence-corrected chi connectivity index (χ3v) is 1.01. The second-order valence-corrected chi connectivity index (χ2v) is 1.72. The zero-order valence-corrected chi connectivity index (χ0v) is 5.03. The van der Waals surface area contributed by atoms with E-state index in [1.807, 2.05) is 0 Å². The van der Waals surface area contributed by atoms with Crippen LogP contribution < -0.4 is 5.56 Å². The Morgan fingerprint density at radius 1 is 1.70 bits per heavy atom. The fraction of sp³-hybridized carbons (Fsp3) is 0.200. The molecule has 0 spiro atoms. The predicted molar refractivity (Wildman–Crippen MR) is 32.4 cm³/mol. The van der Waals surface area contributed by atoms with Crippen molar-refractivity contribution in [3.63, 3.8) is 0 Å². The first-order chi connectivity index (χ1) is 4.74. The first kappa shape index (κ1) is 6.76. The molecule has 0 aliphatic carbocycles. The Balaban J connectivity index is 3.19. The van der Waals surface area contributed by atoms with Crippen LogP contribution in [0.25, 0.3) is 0 Å². The van der Waals surface area contributed by atoms with Gasteiger partial charge in [0.1, 0.15) is 11.4 Å². The number of aromatic nitrogens is 2. The number of nitrogens with zero attached hydrogens (tertiary/aromatic N) is 1. The van der Waals surface area contributed by atoms with E-state index in [9.17, 15) is 4.79 Å². The van der Waals surface area contributed by atoms with Crippen LogP contribution in [0, 0.1) is 0 Å². The van der Waals surface area contributed by atoms with E-state index in [4.69, 9.17) is 10.2 Å². The number of H-pyrrole nitrogens is 1. The van der Waals surface area contributed by atoms with Crippen molar-refractivity contribution in [3.8, 4) is 5.75 Å². The molecule has 0 radical (unpaired) electrons. The Labute approximate surface area is 56.0 Å². The first-order valence-corrected chi connectivity index (χ1v) is 2.62. The van der Waals surface area contributed by atoms with Crippen LogP contribution in [0.4, 0.5) is 0 Å². The molecule has 1 heterocycles. The number of aromatic amines is 1. The van der Waals surface area contributed by atoms with Gasteiger partial charge in [-0.05, 0) is 0 Å². The maximum Gasteiger partial charge on any atom is 0.267 e. The fourth-order valence-electron chi connectivity index (χ4n) is 0.536. The van der Waals surface area contributed by atoms with Gasteiger partial charge in [-0.25, -0.2) is 5.10 Å². The van der Waals surface area contributed by atoms with Crippen LogP contribution in [0.1, 0.15) is 5.69 Å². The van der Waals surface area contributed by atoms with Crippen molar-refractivity contribution in [2.45, 2.75) is 6.61 Å². The molecule has 1 aromatic heterocycles. The molecular formula is C5H6N2O3. The maximum absolute atomic E-state index is 10.4. The third kappa shape index (κ3) is 1.14. The van der Waals surface area contributed by atoms with Crippen molar-refractivity contribution in [3.05, 3.63) is 22.1 Å². The molecule has 0 fully saturated rings. The summed E-state index contributed by atoms with van der Waals surface area (Å²) in [5.74, 6) is -0.286. The van der Waals surface area contributed by atoms with E-state index < -0.39 is 5.56 Å². The van der Waals surface area contributed by atoms with Crippen LogP contribution in [0.5, 0.6) is 5.75 Å². The summed E-state index contributed by atoms with van der Waals surface area (Å²) < 4.78 is 0. The molecule has 5 heteroatoms. The van der Waals surface area contributed by atoms with Crippen LogP contribution in [-0.4, -0.2) is 20.4 Å². The Bertz CT molecular complexity index is 280. The molecule has 0 unspecified atom stereocenters. The van der Waals surface area contributed by atoms with Gasteiger partial charge in [-0.3, -0.25) is 4.79 Å². The molecule has 10 heavy (non-hydrogen) atoms.